The lowest BCUT2D eigenvalue weighted by Crippen LogP contribution is -2.28. The first kappa shape index (κ1) is 15.4. The van der Waals surface area contributed by atoms with Crippen LogP contribution in [0.15, 0.2) is 35.5 Å². The number of hydrogen-bond donors (Lipinski definition) is 3. The molecular formula is C18H19N5O2. The number of nitrogen functional groups attached to an aromatic ring is 2. The monoisotopic (exact) mass is 337 g/mol. The van der Waals surface area contributed by atoms with Gasteiger partial charge in [-0.1, -0.05) is 12.1 Å². The van der Waals surface area contributed by atoms with Crippen LogP contribution in [-0.2, 0) is 4.79 Å². The Bertz CT molecular complexity index is 889. The molecule has 0 amide bonds. The summed E-state index contributed by atoms with van der Waals surface area (Å²) >= 11 is 0. The zero-order valence-corrected chi connectivity index (χ0v) is 13.9. The minimum absolute atomic E-state index is 0.114. The quantitative estimate of drug-likeness (QED) is 0.769. The van der Waals surface area contributed by atoms with Crippen LogP contribution in [0, 0.1) is 0 Å². The van der Waals surface area contributed by atoms with E-state index in [1.165, 1.54) is 0 Å². The summed E-state index contributed by atoms with van der Waals surface area (Å²) in [6.45, 7) is 0. The Morgan fingerprint density at radius 3 is 2.64 bits per heavy atom. The molecule has 0 radical (unpaired) electrons. The van der Waals surface area contributed by atoms with Gasteiger partial charge in [-0.05, 0) is 30.5 Å². The van der Waals surface area contributed by atoms with Crippen molar-refractivity contribution < 1.29 is 9.53 Å². The van der Waals surface area contributed by atoms with Gasteiger partial charge in [-0.15, -0.1) is 0 Å². The molecule has 5 N–H and O–H groups in total. The fraction of sp³-hybridized carbons (Fsp3) is 0.278. The molecule has 1 unspecified atom stereocenters. The average Bonchev–Trinajstić information content (AvgIpc) is 2.60. The number of anilines is 3. The third-order valence-electron chi connectivity index (χ3n) is 4.74. The SMILES string of the molecule is COc1ccc(C2C3=C(CCCC3=O)Nc3nc(N)nc(N)c32)cc1. The number of rotatable bonds is 2. The van der Waals surface area contributed by atoms with Crippen LogP contribution in [0.25, 0.3) is 0 Å². The predicted octanol–water partition coefficient (Wildman–Crippen LogP) is 2.21. The van der Waals surface area contributed by atoms with Gasteiger partial charge in [0.1, 0.15) is 17.4 Å². The molecule has 4 rings (SSSR count). The fourth-order valence-corrected chi connectivity index (χ4v) is 3.63. The number of benzene rings is 1. The second kappa shape index (κ2) is 5.77. The molecule has 1 aromatic carbocycles. The van der Waals surface area contributed by atoms with Gasteiger partial charge in [0.2, 0.25) is 5.95 Å². The third kappa shape index (κ3) is 2.48. The van der Waals surface area contributed by atoms with E-state index < -0.39 is 0 Å². The van der Waals surface area contributed by atoms with Crippen molar-refractivity contribution in [2.24, 2.45) is 0 Å². The first-order valence-corrected chi connectivity index (χ1v) is 8.18. The van der Waals surface area contributed by atoms with Gasteiger partial charge in [0, 0.05) is 29.2 Å². The molecule has 0 saturated heterocycles. The Morgan fingerprint density at radius 2 is 1.92 bits per heavy atom. The van der Waals surface area contributed by atoms with Crippen LogP contribution >= 0.6 is 0 Å². The minimum Gasteiger partial charge on any atom is -0.497 e. The number of ketones is 1. The highest BCUT2D eigenvalue weighted by molar-refractivity contribution is 6.01. The summed E-state index contributed by atoms with van der Waals surface area (Å²) in [5.74, 6) is 1.58. The number of fused-ring (bicyclic) bond motifs is 1. The van der Waals surface area contributed by atoms with Crippen molar-refractivity contribution in [3.05, 3.63) is 46.7 Å². The lowest BCUT2D eigenvalue weighted by molar-refractivity contribution is -0.116. The van der Waals surface area contributed by atoms with Gasteiger partial charge < -0.3 is 21.5 Å². The number of nitrogens with two attached hydrogens (primary N) is 2. The lowest BCUT2D eigenvalue weighted by atomic mass is 9.76. The van der Waals surface area contributed by atoms with Gasteiger partial charge in [-0.25, -0.2) is 0 Å². The van der Waals surface area contributed by atoms with E-state index in [0.717, 1.165) is 35.4 Å². The number of carbonyl (C=O) groups excluding carboxylic acids is 1. The smallest absolute Gasteiger partial charge is 0.223 e. The number of ether oxygens (including phenoxy) is 1. The maximum absolute atomic E-state index is 12.7. The molecule has 7 nitrogen and oxygen atoms in total. The molecule has 0 spiro atoms. The normalized spacial score (nSPS) is 19.1. The van der Waals surface area contributed by atoms with Crippen LogP contribution < -0.4 is 21.5 Å². The molecule has 25 heavy (non-hydrogen) atoms. The fourth-order valence-electron chi connectivity index (χ4n) is 3.63. The number of methoxy groups -OCH3 is 1. The maximum atomic E-state index is 12.7. The Kier molecular flexibility index (Phi) is 3.56. The topological polar surface area (TPSA) is 116 Å². The summed E-state index contributed by atoms with van der Waals surface area (Å²) in [5, 5.41) is 3.26. The van der Waals surface area contributed by atoms with Gasteiger partial charge in [-0.2, -0.15) is 9.97 Å². The number of allylic oxidation sites excluding steroid dienone is 2. The van der Waals surface area contributed by atoms with Crippen molar-refractivity contribution in [1.82, 2.24) is 9.97 Å². The molecule has 0 saturated carbocycles. The molecule has 2 aliphatic rings. The molecule has 128 valence electrons. The highest BCUT2D eigenvalue weighted by Gasteiger charge is 2.37. The van der Waals surface area contributed by atoms with Gasteiger partial charge in [-0.3, -0.25) is 4.79 Å². The summed E-state index contributed by atoms with van der Waals surface area (Å²) in [6, 6.07) is 7.64. The van der Waals surface area contributed by atoms with E-state index >= 15 is 0 Å². The lowest BCUT2D eigenvalue weighted by Gasteiger charge is -2.33. The predicted molar refractivity (Wildman–Crippen MR) is 95.2 cm³/mol. The molecule has 0 fully saturated rings. The average molecular weight is 337 g/mol. The second-order valence-corrected chi connectivity index (χ2v) is 6.23. The Hall–Kier alpha value is -3.09. The molecule has 2 aromatic rings. The van der Waals surface area contributed by atoms with E-state index in [2.05, 4.69) is 15.3 Å². The van der Waals surface area contributed by atoms with E-state index in [4.69, 9.17) is 16.2 Å². The van der Waals surface area contributed by atoms with E-state index in [0.29, 0.717) is 23.6 Å². The molecule has 2 heterocycles. The standard InChI is InChI=1S/C18H19N5O2/c1-25-10-7-5-9(6-8-10)13-14-11(3-2-4-12(14)24)21-17-15(13)16(19)22-18(20)23-17/h5-8,13H,2-4H2,1H3,(H5,19,20,21,22,23). The number of nitrogens with one attached hydrogen (secondary N) is 1. The molecule has 1 aliphatic carbocycles. The second-order valence-electron chi connectivity index (χ2n) is 6.23. The number of carbonyl (C=O) groups is 1. The number of aromatic nitrogens is 2. The van der Waals surface area contributed by atoms with Crippen LogP contribution in [0.3, 0.4) is 0 Å². The van der Waals surface area contributed by atoms with E-state index in [1.54, 1.807) is 7.11 Å². The van der Waals surface area contributed by atoms with Crippen molar-refractivity contribution in [1.29, 1.82) is 0 Å². The molecule has 1 aromatic heterocycles. The van der Waals surface area contributed by atoms with Crippen LogP contribution in [0.1, 0.15) is 36.3 Å². The van der Waals surface area contributed by atoms with Crippen molar-refractivity contribution in [3.8, 4) is 5.75 Å². The van der Waals surface area contributed by atoms with Crippen molar-refractivity contribution >= 4 is 23.4 Å². The van der Waals surface area contributed by atoms with Gasteiger partial charge >= 0.3 is 0 Å². The highest BCUT2D eigenvalue weighted by atomic mass is 16.5. The summed E-state index contributed by atoms with van der Waals surface area (Å²) in [5.41, 5.74) is 15.2. The maximum Gasteiger partial charge on any atom is 0.223 e. The summed E-state index contributed by atoms with van der Waals surface area (Å²) in [4.78, 5) is 21.1. The van der Waals surface area contributed by atoms with Crippen LogP contribution in [0.5, 0.6) is 5.75 Å². The molecule has 7 heteroatoms. The van der Waals surface area contributed by atoms with Crippen LogP contribution in [0.4, 0.5) is 17.6 Å². The third-order valence-corrected chi connectivity index (χ3v) is 4.74. The van der Waals surface area contributed by atoms with Gasteiger partial charge in [0.05, 0.1) is 7.11 Å². The van der Waals surface area contributed by atoms with Crippen LogP contribution in [0.2, 0.25) is 0 Å². The Labute approximate surface area is 145 Å². The van der Waals surface area contributed by atoms with Crippen molar-refractivity contribution in [2.45, 2.75) is 25.2 Å². The summed E-state index contributed by atoms with van der Waals surface area (Å²) in [7, 11) is 1.62. The number of hydrogen-bond acceptors (Lipinski definition) is 7. The molecule has 0 bridgehead atoms. The Morgan fingerprint density at radius 1 is 1.16 bits per heavy atom. The summed E-state index contributed by atoms with van der Waals surface area (Å²) < 4.78 is 5.24. The largest absolute Gasteiger partial charge is 0.497 e. The van der Waals surface area contributed by atoms with E-state index in [-0.39, 0.29) is 17.6 Å². The molecule has 1 aliphatic heterocycles. The van der Waals surface area contributed by atoms with Gasteiger partial charge in [0.25, 0.3) is 0 Å². The molecule has 1 atom stereocenters. The van der Waals surface area contributed by atoms with Crippen LogP contribution in [-0.4, -0.2) is 22.9 Å². The highest BCUT2D eigenvalue weighted by Crippen LogP contribution is 2.46. The minimum atomic E-state index is -0.300. The summed E-state index contributed by atoms with van der Waals surface area (Å²) in [6.07, 6.45) is 2.17. The van der Waals surface area contributed by atoms with Gasteiger partial charge in [0.15, 0.2) is 5.78 Å². The first-order chi connectivity index (χ1) is 12.1. The van der Waals surface area contributed by atoms with Crippen molar-refractivity contribution in [3.63, 3.8) is 0 Å². The zero-order valence-electron chi connectivity index (χ0n) is 13.9. The Balaban J connectivity index is 1.94. The molecular weight excluding hydrogens is 318 g/mol. The zero-order chi connectivity index (χ0) is 17.6. The van der Waals surface area contributed by atoms with Crippen molar-refractivity contribution in [2.75, 3.05) is 23.9 Å². The van der Waals surface area contributed by atoms with E-state index in [9.17, 15) is 4.79 Å². The van der Waals surface area contributed by atoms with E-state index in [1.807, 2.05) is 24.3 Å². The number of nitrogens with zero attached hydrogens (tertiary/aromatic N) is 2. The number of Topliss-reactive ketones (excluding diaryl/α,β-unsaturated/α-hetero) is 1. The first-order valence-electron chi connectivity index (χ1n) is 8.18.